The Morgan fingerprint density at radius 3 is 3.22 bits per heavy atom. The highest BCUT2D eigenvalue weighted by Gasteiger charge is 2.21. The van der Waals surface area contributed by atoms with Crippen LogP contribution in [0, 0.1) is 0 Å². The maximum atomic E-state index is 10.5. The Morgan fingerprint density at radius 1 is 1.67 bits per heavy atom. The fraction of sp³-hybridized carbons (Fsp3) is 0.692. The van der Waals surface area contributed by atoms with Gasteiger partial charge in [0.25, 0.3) is 0 Å². The van der Waals surface area contributed by atoms with Gasteiger partial charge < -0.3 is 10.0 Å². The zero-order chi connectivity index (χ0) is 13.0. The average Bonchev–Trinajstić information content (AvgIpc) is 2.77. The third kappa shape index (κ3) is 3.78. The van der Waals surface area contributed by atoms with Crippen molar-refractivity contribution in [2.75, 3.05) is 20.1 Å². The molecule has 1 saturated heterocycles. The smallest absolute Gasteiger partial charge is 0.303 e. The Morgan fingerprint density at radius 2 is 2.50 bits per heavy atom. The van der Waals surface area contributed by atoms with Gasteiger partial charge in [0.15, 0.2) is 0 Å². The summed E-state index contributed by atoms with van der Waals surface area (Å²) in [4.78, 5) is 17.5. The number of carboxylic acid groups (broad SMARTS) is 1. The quantitative estimate of drug-likeness (QED) is 0.890. The third-order valence-corrected chi connectivity index (χ3v) is 4.32. The van der Waals surface area contributed by atoms with Crippen LogP contribution in [0.4, 0.5) is 0 Å². The van der Waals surface area contributed by atoms with E-state index in [1.165, 1.54) is 25.1 Å². The summed E-state index contributed by atoms with van der Waals surface area (Å²) in [7, 11) is 2.16. The van der Waals surface area contributed by atoms with Crippen LogP contribution in [-0.4, -0.2) is 41.1 Å². The number of aryl methyl sites for hydroxylation is 1. The summed E-state index contributed by atoms with van der Waals surface area (Å²) in [5, 5.41) is 11.8. The van der Waals surface area contributed by atoms with Gasteiger partial charge in [-0.3, -0.25) is 4.79 Å². The van der Waals surface area contributed by atoms with Crippen LogP contribution in [-0.2, 0) is 11.2 Å². The van der Waals surface area contributed by atoms with Gasteiger partial charge in [-0.25, -0.2) is 4.98 Å². The van der Waals surface area contributed by atoms with Crippen molar-refractivity contribution in [3.05, 3.63) is 16.1 Å². The molecule has 0 aromatic carbocycles. The molecule has 0 bridgehead atoms. The van der Waals surface area contributed by atoms with Gasteiger partial charge in [-0.15, -0.1) is 11.3 Å². The Labute approximate surface area is 112 Å². The number of rotatable bonds is 5. The van der Waals surface area contributed by atoms with Crippen LogP contribution < -0.4 is 0 Å². The number of nitrogens with zero attached hydrogens (tertiary/aromatic N) is 2. The van der Waals surface area contributed by atoms with Crippen LogP contribution >= 0.6 is 11.3 Å². The lowest BCUT2D eigenvalue weighted by atomic mass is 9.96. The topological polar surface area (TPSA) is 53.4 Å². The number of aliphatic carboxylic acids is 1. The number of likely N-dealkylation sites (N-methyl/N-ethyl adjacent to an activating group) is 1. The first-order chi connectivity index (χ1) is 8.65. The molecule has 0 amide bonds. The van der Waals surface area contributed by atoms with Crippen molar-refractivity contribution < 1.29 is 9.90 Å². The lowest BCUT2D eigenvalue weighted by Gasteiger charge is -2.28. The number of piperidine rings is 1. The predicted octanol–water partition coefficient (Wildman–Crippen LogP) is 2.36. The van der Waals surface area contributed by atoms with E-state index in [9.17, 15) is 4.79 Å². The number of hydrogen-bond acceptors (Lipinski definition) is 4. The van der Waals surface area contributed by atoms with Crippen molar-refractivity contribution in [3.8, 4) is 0 Å². The Kier molecular flexibility index (Phi) is 4.72. The molecule has 0 radical (unpaired) electrons. The minimum Gasteiger partial charge on any atom is -0.481 e. The first-order valence-electron chi connectivity index (χ1n) is 6.50. The van der Waals surface area contributed by atoms with Crippen molar-refractivity contribution in [1.29, 1.82) is 0 Å². The molecule has 1 unspecified atom stereocenters. The van der Waals surface area contributed by atoms with Gasteiger partial charge in [0, 0.05) is 24.3 Å². The summed E-state index contributed by atoms with van der Waals surface area (Å²) >= 11 is 1.67. The molecule has 1 atom stereocenters. The molecule has 2 heterocycles. The maximum absolute atomic E-state index is 10.5. The fourth-order valence-corrected chi connectivity index (χ4v) is 3.35. The third-order valence-electron chi connectivity index (χ3n) is 3.39. The SMILES string of the molecule is CN1CCCC(c2csc(CCCC(=O)O)n2)C1. The number of hydrogen-bond donors (Lipinski definition) is 1. The predicted molar refractivity (Wildman–Crippen MR) is 72.2 cm³/mol. The van der Waals surface area contributed by atoms with Crippen LogP contribution in [0.3, 0.4) is 0 Å². The summed E-state index contributed by atoms with van der Waals surface area (Å²) in [6.45, 7) is 2.28. The summed E-state index contributed by atoms with van der Waals surface area (Å²) < 4.78 is 0. The monoisotopic (exact) mass is 268 g/mol. The largest absolute Gasteiger partial charge is 0.481 e. The lowest BCUT2D eigenvalue weighted by molar-refractivity contribution is -0.137. The molecule has 1 fully saturated rings. The first-order valence-corrected chi connectivity index (χ1v) is 7.38. The minimum absolute atomic E-state index is 0.237. The highest BCUT2D eigenvalue weighted by Crippen LogP contribution is 2.27. The van der Waals surface area contributed by atoms with Gasteiger partial charge in [-0.1, -0.05) is 0 Å². The molecule has 2 rings (SSSR count). The molecule has 0 aliphatic carbocycles. The number of thiazole rings is 1. The van der Waals surface area contributed by atoms with Gasteiger partial charge >= 0.3 is 5.97 Å². The highest BCUT2D eigenvalue weighted by atomic mass is 32.1. The van der Waals surface area contributed by atoms with E-state index in [0.29, 0.717) is 12.3 Å². The molecule has 18 heavy (non-hydrogen) atoms. The van der Waals surface area contributed by atoms with Gasteiger partial charge in [0.05, 0.1) is 10.7 Å². The molecule has 1 aliphatic rings. The normalized spacial score (nSPS) is 21.1. The van der Waals surface area contributed by atoms with Crippen molar-refractivity contribution in [2.45, 2.75) is 38.0 Å². The minimum atomic E-state index is -0.722. The Bertz CT molecular complexity index is 405. The first kappa shape index (κ1) is 13.5. The second-order valence-electron chi connectivity index (χ2n) is 5.01. The van der Waals surface area contributed by atoms with E-state index in [-0.39, 0.29) is 6.42 Å². The maximum Gasteiger partial charge on any atom is 0.303 e. The van der Waals surface area contributed by atoms with Crippen molar-refractivity contribution >= 4 is 17.3 Å². The molecule has 5 heteroatoms. The van der Waals surface area contributed by atoms with E-state index in [0.717, 1.165) is 18.0 Å². The summed E-state index contributed by atoms with van der Waals surface area (Å²) in [5.74, 6) is -0.158. The van der Waals surface area contributed by atoms with E-state index in [1.807, 2.05) is 0 Å². The molecule has 0 saturated carbocycles. The molecule has 1 aromatic heterocycles. The van der Waals surface area contributed by atoms with Crippen LogP contribution in [0.1, 0.15) is 42.3 Å². The summed E-state index contributed by atoms with van der Waals surface area (Å²) in [5.41, 5.74) is 1.21. The second-order valence-corrected chi connectivity index (χ2v) is 5.96. The van der Waals surface area contributed by atoms with Gasteiger partial charge in [-0.05, 0) is 39.3 Å². The summed E-state index contributed by atoms with van der Waals surface area (Å²) in [6.07, 6.45) is 4.18. The van der Waals surface area contributed by atoms with Crippen LogP contribution in [0.15, 0.2) is 5.38 Å². The molecular weight excluding hydrogens is 248 g/mol. The number of carboxylic acids is 1. The molecule has 1 N–H and O–H groups in total. The van der Waals surface area contributed by atoms with Crippen LogP contribution in [0.2, 0.25) is 0 Å². The van der Waals surface area contributed by atoms with Crippen molar-refractivity contribution in [3.63, 3.8) is 0 Å². The van der Waals surface area contributed by atoms with Gasteiger partial charge in [0.1, 0.15) is 0 Å². The molecule has 1 aromatic rings. The van der Waals surface area contributed by atoms with Crippen LogP contribution in [0.5, 0.6) is 0 Å². The van der Waals surface area contributed by atoms with Crippen molar-refractivity contribution in [2.24, 2.45) is 0 Å². The summed E-state index contributed by atoms with van der Waals surface area (Å²) in [6, 6.07) is 0. The van der Waals surface area contributed by atoms with E-state index < -0.39 is 5.97 Å². The number of likely N-dealkylation sites (tertiary alicyclic amines) is 1. The Balaban J connectivity index is 1.87. The zero-order valence-electron chi connectivity index (χ0n) is 10.8. The second kappa shape index (κ2) is 6.29. The lowest BCUT2D eigenvalue weighted by Crippen LogP contribution is -2.30. The van der Waals surface area contributed by atoms with E-state index in [1.54, 1.807) is 11.3 Å². The number of aromatic nitrogens is 1. The molecule has 100 valence electrons. The number of carbonyl (C=O) groups is 1. The Hall–Kier alpha value is -0.940. The zero-order valence-corrected chi connectivity index (χ0v) is 11.6. The van der Waals surface area contributed by atoms with Crippen LogP contribution in [0.25, 0.3) is 0 Å². The molecule has 0 spiro atoms. The standard InChI is InChI=1S/C13H20N2O2S/c1-15-7-3-4-10(8-15)11-9-18-12(14-11)5-2-6-13(16)17/h9-10H,2-8H2,1H3,(H,16,17). The molecule has 1 aliphatic heterocycles. The highest BCUT2D eigenvalue weighted by molar-refractivity contribution is 7.09. The van der Waals surface area contributed by atoms with E-state index in [2.05, 4.69) is 22.3 Å². The molecular formula is C13H20N2O2S. The van der Waals surface area contributed by atoms with Crippen molar-refractivity contribution in [1.82, 2.24) is 9.88 Å². The van der Waals surface area contributed by atoms with Gasteiger partial charge in [-0.2, -0.15) is 0 Å². The average molecular weight is 268 g/mol. The van der Waals surface area contributed by atoms with E-state index >= 15 is 0 Å². The fourth-order valence-electron chi connectivity index (χ4n) is 2.43. The van der Waals surface area contributed by atoms with Gasteiger partial charge in [0.2, 0.25) is 0 Å². The molecule has 4 nitrogen and oxygen atoms in total. The van der Waals surface area contributed by atoms with E-state index in [4.69, 9.17) is 5.11 Å².